The average Bonchev–Trinajstić information content (AvgIpc) is 2.63. The van der Waals surface area contributed by atoms with Crippen LogP contribution in [0.5, 0.6) is 5.75 Å². The largest absolute Gasteiger partial charge is 0.496 e. The van der Waals surface area contributed by atoms with E-state index >= 15 is 0 Å². The second-order valence-electron chi connectivity index (χ2n) is 4.91. The van der Waals surface area contributed by atoms with Crippen molar-refractivity contribution in [3.63, 3.8) is 0 Å². The highest BCUT2D eigenvalue weighted by Gasteiger charge is 2.14. The second-order valence-corrected chi connectivity index (χ2v) is 4.91. The number of hydrogen-bond donors (Lipinski definition) is 2. The number of alkyl carbamates (subject to hydrolysis) is 1. The van der Waals surface area contributed by atoms with Crippen LogP contribution in [0.1, 0.15) is 21.5 Å². The monoisotopic (exact) mass is 339 g/mol. The maximum atomic E-state index is 11.6. The smallest absolute Gasteiger partial charge is 0.408 e. The van der Waals surface area contributed by atoms with E-state index in [1.807, 2.05) is 30.3 Å². The Balaban J connectivity index is 1.90. The first-order valence-corrected chi connectivity index (χ1v) is 7.45. The van der Waals surface area contributed by atoms with E-state index < -0.39 is 12.1 Å². The number of methoxy groups -OCH3 is 1. The van der Waals surface area contributed by atoms with Crippen LogP contribution in [0, 0.1) is 11.8 Å². The number of hydrogen-bond acceptors (Lipinski definition) is 4. The van der Waals surface area contributed by atoms with Crippen molar-refractivity contribution in [1.29, 1.82) is 0 Å². The lowest BCUT2D eigenvalue weighted by atomic mass is 10.1. The van der Waals surface area contributed by atoms with Gasteiger partial charge >= 0.3 is 12.1 Å². The fourth-order valence-corrected chi connectivity index (χ4v) is 2.06. The summed E-state index contributed by atoms with van der Waals surface area (Å²) in [5.41, 5.74) is 1.18. The molecule has 128 valence electrons. The van der Waals surface area contributed by atoms with Crippen LogP contribution in [0.3, 0.4) is 0 Å². The van der Waals surface area contributed by atoms with E-state index in [9.17, 15) is 14.7 Å². The Morgan fingerprint density at radius 1 is 1.12 bits per heavy atom. The Morgan fingerprint density at radius 3 is 2.56 bits per heavy atom. The zero-order chi connectivity index (χ0) is 18.1. The molecule has 0 bridgehead atoms. The maximum absolute atomic E-state index is 11.6. The molecule has 2 aromatic carbocycles. The first-order valence-electron chi connectivity index (χ1n) is 7.45. The molecule has 6 heteroatoms. The highest BCUT2D eigenvalue weighted by Crippen LogP contribution is 2.21. The van der Waals surface area contributed by atoms with E-state index in [1.54, 1.807) is 18.2 Å². The summed E-state index contributed by atoms with van der Waals surface area (Å²) in [7, 11) is 1.39. The number of aromatic carboxylic acids is 1. The lowest BCUT2D eigenvalue weighted by Gasteiger charge is -2.06. The van der Waals surface area contributed by atoms with Crippen molar-refractivity contribution in [3.8, 4) is 17.6 Å². The van der Waals surface area contributed by atoms with Crippen LogP contribution < -0.4 is 10.1 Å². The molecule has 0 fully saturated rings. The zero-order valence-corrected chi connectivity index (χ0v) is 13.6. The molecular weight excluding hydrogens is 322 g/mol. The number of carbonyl (C=O) groups excluding carboxylic acids is 1. The Hall–Kier alpha value is -3.46. The van der Waals surface area contributed by atoms with E-state index in [0.717, 1.165) is 5.56 Å². The van der Waals surface area contributed by atoms with Crippen molar-refractivity contribution in [2.75, 3.05) is 13.7 Å². The summed E-state index contributed by atoms with van der Waals surface area (Å²) in [5.74, 6) is 4.52. The molecule has 2 aromatic rings. The average molecular weight is 339 g/mol. The van der Waals surface area contributed by atoms with E-state index in [-0.39, 0.29) is 24.5 Å². The number of ether oxygens (including phenoxy) is 2. The molecule has 0 saturated heterocycles. The summed E-state index contributed by atoms with van der Waals surface area (Å²) in [5, 5.41) is 11.8. The number of carboxylic acid groups (broad SMARTS) is 1. The SMILES string of the molecule is COc1cccc(C#CCNC(=O)OCc2ccccc2)c1C(=O)O. The van der Waals surface area contributed by atoms with E-state index in [4.69, 9.17) is 9.47 Å². The van der Waals surface area contributed by atoms with E-state index in [2.05, 4.69) is 17.2 Å². The number of rotatable bonds is 5. The van der Waals surface area contributed by atoms with Crippen LogP contribution in [0.4, 0.5) is 4.79 Å². The number of nitrogens with one attached hydrogen (secondary N) is 1. The maximum Gasteiger partial charge on any atom is 0.408 e. The Kier molecular flexibility index (Phi) is 6.43. The Morgan fingerprint density at radius 2 is 1.88 bits per heavy atom. The molecule has 0 radical (unpaired) electrons. The fourth-order valence-electron chi connectivity index (χ4n) is 2.06. The van der Waals surface area contributed by atoms with E-state index in [0.29, 0.717) is 5.56 Å². The quantitative estimate of drug-likeness (QED) is 0.818. The third-order valence-electron chi connectivity index (χ3n) is 3.22. The van der Waals surface area contributed by atoms with Crippen LogP contribution >= 0.6 is 0 Å². The van der Waals surface area contributed by atoms with Gasteiger partial charge in [0, 0.05) is 5.56 Å². The Bertz CT molecular complexity index is 806. The van der Waals surface area contributed by atoms with Crippen LogP contribution in [-0.4, -0.2) is 30.8 Å². The van der Waals surface area contributed by atoms with Crippen LogP contribution in [-0.2, 0) is 11.3 Å². The highest BCUT2D eigenvalue weighted by molar-refractivity contribution is 5.94. The van der Waals surface area contributed by atoms with Crippen LogP contribution in [0.25, 0.3) is 0 Å². The summed E-state index contributed by atoms with van der Waals surface area (Å²) in [6.45, 7) is 0.197. The van der Waals surface area contributed by atoms with Crippen LogP contribution in [0.2, 0.25) is 0 Å². The normalized spacial score (nSPS) is 9.48. The molecule has 0 aromatic heterocycles. The van der Waals surface area contributed by atoms with Crippen molar-refractivity contribution in [2.45, 2.75) is 6.61 Å². The van der Waals surface area contributed by atoms with Crippen molar-refractivity contribution in [1.82, 2.24) is 5.32 Å². The first kappa shape index (κ1) is 17.9. The molecule has 2 N–H and O–H groups in total. The standard InChI is InChI=1S/C19H17NO5/c1-24-16-11-5-9-15(17(16)18(21)22)10-6-12-20-19(23)25-13-14-7-3-2-4-8-14/h2-5,7-9,11H,12-13H2,1H3,(H,20,23)(H,21,22). The van der Waals surface area contributed by atoms with Crippen molar-refractivity contribution >= 4 is 12.1 Å². The second kappa shape index (κ2) is 8.99. The molecule has 6 nitrogen and oxygen atoms in total. The van der Waals surface area contributed by atoms with Gasteiger partial charge in [-0.25, -0.2) is 9.59 Å². The van der Waals surface area contributed by atoms with Gasteiger partial charge in [-0.15, -0.1) is 0 Å². The minimum atomic E-state index is -1.13. The predicted molar refractivity (Wildman–Crippen MR) is 91.5 cm³/mol. The van der Waals surface area contributed by atoms with Crippen molar-refractivity contribution in [2.24, 2.45) is 0 Å². The minimum absolute atomic E-state index is 0.0100. The summed E-state index contributed by atoms with van der Waals surface area (Å²) in [4.78, 5) is 22.9. The minimum Gasteiger partial charge on any atom is -0.496 e. The highest BCUT2D eigenvalue weighted by atomic mass is 16.5. The molecule has 0 saturated carbocycles. The number of amides is 1. The Labute approximate surface area is 145 Å². The molecule has 0 aliphatic carbocycles. The third kappa shape index (κ3) is 5.29. The van der Waals surface area contributed by atoms with Crippen molar-refractivity contribution in [3.05, 3.63) is 65.2 Å². The van der Waals surface area contributed by atoms with Gasteiger partial charge in [0.1, 0.15) is 17.9 Å². The van der Waals surface area contributed by atoms with E-state index in [1.165, 1.54) is 7.11 Å². The summed E-state index contributed by atoms with van der Waals surface area (Å²) >= 11 is 0. The fraction of sp³-hybridized carbons (Fsp3) is 0.158. The van der Waals surface area contributed by atoms with Gasteiger partial charge in [0.25, 0.3) is 0 Å². The van der Waals surface area contributed by atoms with Gasteiger partial charge in [-0.3, -0.25) is 0 Å². The summed E-state index contributed by atoms with van der Waals surface area (Å²) in [6.07, 6.45) is -0.595. The van der Waals surface area contributed by atoms with Gasteiger partial charge in [-0.2, -0.15) is 0 Å². The molecular formula is C19H17NO5. The number of carboxylic acids is 1. The van der Waals surface area contributed by atoms with Gasteiger partial charge in [0.2, 0.25) is 0 Å². The predicted octanol–water partition coefficient (Wildman–Crippen LogP) is 2.67. The zero-order valence-electron chi connectivity index (χ0n) is 13.6. The molecule has 1 amide bonds. The van der Waals surface area contributed by atoms with Gasteiger partial charge in [0.15, 0.2) is 0 Å². The van der Waals surface area contributed by atoms with Gasteiger partial charge in [-0.05, 0) is 17.7 Å². The van der Waals surface area contributed by atoms with Crippen LogP contribution in [0.15, 0.2) is 48.5 Å². The molecule has 0 unspecified atom stereocenters. The number of benzene rings is 2. The molecule has 0 aliphatic rings. The molecule has 0 spiro atoms. The summed E-state index contributed by atoms with van der Waals surface area (Å²) < 4.78 is 10.1. The summed E-state index contributed by atoms with van der Waals surface area (Å²) in [6, 6.07) is 14.1. The molecule has 0 atom stereocenters. The third-order valence-corrected chi connectivity index (χ3v) is 3.22. The van der Waals surface area contributed by atoms with Gasteiger partial charge in [0.05, 0.1) is 13.7 Å². The topological polar surface area (TPSA) is 84.9 Å². The molecule has 0 heterocycles. The van der Waals surface area contributed by atoms with Gasteiger partial charge in [-0.1, -0.05) is 48.2 Å². The van der Waals surface area contributed by atoms with Crippen molar-refractivity contribution < 1.29 is 24.2 Å². The molecule has 2 rings (SSSR count). The number of carbonyl (C=O) groups is 2. The molecule has 0 aliphatic heterocycles. The first-order chi connectivity index (χ1) is 12.1. The van der Waals surface area contributed by atoms with Gasteiger partial charge < -0.3 is 19.9 Å². The molecule has 25 heavy (non-hydrogen) atoms. The lowest BCUT2D eigenvalue weighted by Crippen LogP contribution is -2.24. The lowest BCUT2D eigenvalue weighted by molar-refractivity contribution is 0.0693.